The Balaban J connectivity index is 1.39. The fraction of sp³-hybridized carbons (Fsp3) is 0.100. The van der Waals surface area contributed by atoms with Gasteiger partial charge in [0.2, 0.25) is 0 Å². The first kappa shape index (κ1) is 18.3. The fourth-order valence-corrected chi connectivity index (χ4v) is 3.58. The molecule has 0 spiro atoms. The first-order valence-corrected chi connectivity index (χ1v) is 9.85. The van der Waals surface area contributed by atoms with E-state index in [4.69, 9.17) is 11.6 Å². The third-order valence-corrected chi connectivity index (χ3v) is 5.21. The van der Waals surface area contributed by atoms with Gasteiger partial charge < -0.3 is 5.32 Å². The third kappa shape index (κ3) is 4.27. The molecule has 0 bridgehead atoms. The minimum Gasteiger partial charge on any atom is -0.346 e. The predicted octanol–water partition coefficient (Wildman–Crippen LogP) is 4.03. The minimum atomic E-state index is -0.269. The Kier molecular flexibility index (Phi) is 5.45. The molecule has 6 nitrogen and oxygen atoms in total. The van der Waals surface area contributed by atoms with Crippen molar-refractivity contribution in [2.24, 2.45) is 0 Å². The highest BCUT2D eigenvalue weighted by Gasteiger charge is 2.14. The number of thiazole rings is 1. The Morgan fingerprint density at radius 1 is 1.11 bits per heavy atom. The second-order valence-electron chi connectivity index (χ2n) is 6.10. The Morgan fingerprint density at radius 2 is 1.89 bits per heavy atom. The van der Waals surface area contributed by atoms with Crippen molar-refractivity contribution in [2.75, 3.05) is 0 Å². The molecule has 2 aromatic carbocycles. The molecule has 8 heteroatoms. The van der Waals surface area contributed by atoms with E-state index in [9.17, 15) is 4.79 Å². The molecule has 1 amide bonds. The van der Waals surface area contributed by atoms with Crippen LogP contribution in [0.3, 0.4) is 0 Å². The van der Waals surface area contributed by atoms with E-state index in [1.54, 1.807) is 16.4 Å². The summed E-state index contributed by atoms with van der Waals surface area (Å²) in [6, 6.07) is 17.4. The predicted molar refractivity (Wildman–Crippen MR) is 109 cm³/mol. The summed E-state index contributed by atoms with van der Waals surface area (Å²) in [6.07, 6.45) is 1.63. The van der Waals surface area contributed by atoms with E-state index in [0.29, 0.717) is 18.1 Å². The number of hydrogen-bond donors (Lipinski definition) is 1. The van der Waals surface area contributed by atoms with Crippen LogP contribution in [0.5, 0.6) is 0 Å². The van der Waals surface area contributed by atoms with Gasteiger partial charge >= 0.3 is 0 Å². The van der Waals surface area contributed by atoms with Crippen LogP contribution in [0.15, 0.2) is 66.3 Å². The van der Waals surface area contributed by atoms with E-state index in [1.807, 2.05) is 54.6 Å². The number of rotatable bonds is 6. The number of carbonyl (C=O) groups excluding carboxylic acids is 1. The van der Waals surface area contributed by atoms with Gasteiger partial charge in [-0.25, -0.2) is 9.67 Å². The van der Waals surface area contributed by atoms with Crippen molar-refractivity contribution in [3.8, 4) is 11.3 Å². The minimum absolute atomic E-state index is 0.269. The largest absolute Gasteiger partial charge is 0.346 e. The summed E-state index contributed by atoms with van der Waals surface area (Å²) < 4.78 is 1.63. The lowest BCUT2D eigenvalue weighted by Gasteiger charge is -2.04. The number of carbonyl (C=O) groups is 1. The van der Waals surface area contributed by atoms with Gasteiger partial charge in [0.25, 0.3) is 5.91 Å². The van der Waals surface area contributed by atoms with Crippen LogP contribution in [0, 0.1) is 0 Å². The molecule has 0 aliphatic carbocycles. The summed E-state index contributed by atoms with van der Waals surface area (Å²) in [7, 11) is 0. The Hall–Kier alpha value is -3.03. The van der Waals surface area contributed by atoms with E-state index in [-0.39, 0.29) is 11.6 Å². The molecule has 0 unspecified atom stereocenters. The number of benzene rings is 2. The molecule has 4 aromatic rings. The summed E-state index contributed by atoms with van der Waals surface area (Å²) in [5.74, 6) is -0.269. The van der Waals surface area contributed by atoms with Crippen molar-refractivity contribution in [3.63, 3.8) is 0 Å². The number of halogens is 1. The number of nitrogens with zero attached hydrogens (tertiary/aromatic N) is 4. The quantitative estimate of drug-likeness (QED) is 0.521. The van der Waals surface area contributed by atoms with Gasteiger partial charge in [0.05, 0.1) is 35.4 Å². The summed E-state index contributed by atoms with van der Waals surface area (Å²) in [4.78, 5) is 17.9. The van der Waals surface area contributed by atoms with E-state index in [1.165, 1.54) is 11.3 Å². The van der Waals surface area contributed by atoms with Crippen LogP contribution in [0.4, 0.5) is 0 Å². The molecule has 4 rings (SSSR count). The molecule has 0 aliphatic heterocycles. The topological polar surface area (TPSA) is 72.7 Å². The second-order valence-corrected chi connectivity index (χ2v) is 7.48. The lowest BCUT2D eigenvalue weighted by Crippen LogP contribution is -2.23. The lowest BCUT2D eigenvalue weighted by atomic mass is 10.1. The van der Waals surface area contributed by atoms with Crippen molar-refractivity contribution in [2.45, 2.75) is 13.1 Å². The molecular weight excluding hydrogens is 394 g/mol. The fourth-order valence-electron chi connectivity index (χ4n) is 2.74. The molecule has 0 fully saturated rings. The number of hydrogen-bond acceptors (Lipinski definition) is 5. The molecule has 0 aliphatic rings. The van der Waals surface area contributed by atoms with Crippen LogP contribution in [-0.4, -0.2) is 25.9 Å². The van der Waals surface area contributed by atoms with E-state index in [0.717, 1.165) is 21.7 Å². The van der Waals surface area contributed by atoms with Crippen LogP contribution in [0.25, 0.3) is 11.3 Å². The van der Waals surface area contributed by atoms with E-state index in [2.05, 4.69) is 20.6 Å². The Bertz CT molecular complexity index is 1080. The van der Waals surface area contributed by atoms with E-state index >= 15 is 0 Å². The van der Waals surface area contributed by atoms with Gasteiger partial charge in [0.1, 0.15) is 0 Å². The molecule has 0 radical (unpaired) electrons. The molecular formula is C20H16ClN5OS. The van der Waals surface area contributed by atoms with Crippen LogP contribution >= 0.6 is 22.9 Å². The molecule has 0 saturated carbocycles. The smallest absolute Gasteiger partial charge is 0.273 e. The standard InChI is InChI=1S/C20H16ClN5OS/c21-16-8-6-14(7-9-16)11-26-12-17(24-25-26)20(27)22-10-18-19(23-13-28-18)15-4-2-1-3-5-15/h1-9,12-13H,10-11H2,(H,22,27). The molecule has 2 aromatic heterocycles. The van der Waals surface area contributed by atoms with Crippen LogP contribution < -0.4 is 5.32 Å². The average molecular weight is 410 g/mol. The monoisotopic (exact) mass is 409 g/mol. The molecule has 28 heavy (non-hydrogen) atoms. The zero-order valence-corrected chi connectivity index (χ0v) is 16.3. The number of nitrogens with one attached hydrogen (secondary N) is 1. The maximum Gasteiger partial charge on any atom is 0.273 e. The van der Waals surface area contributed by atoms with E-state index < -0.39 is 0 Å². The highest BCUT2D eigenvalue weighted by molar-refractivity contribution is 7.10. The van der Waals surface area contributed by atoms with Gasteiger partial charge in [-0.1, -0.05) is 59.3 Å². The Morgan fingerprint density at radius 3 is 2.68 bits per heavy atom. The van der Waals surface area contributed by atoms with Crippen molar-refractivity contribution >= 4 is 28.8 Å². The summed E-state index contributed by atoms with van der Waals surface area (Å²) in [5.41, 5.74) is 5.00. The second kappa shape index (κ2) is 8.33. The summed E-state index contributed by atoms with van der Waals surface area (Å²) in [6.45, 7) is 0.905. The Labute approximate surface area is 170 Å². The van der Waals surface area contributed by atoms with Gasteiger partial charge in [0, 0.05) is 10.6 Å². The maximum atomic E-state index is 12.4. The highest BCUT2D eigenvalue weighted by atomic mass is 35.5. The molecule has 0 atom stereocenters. The maximum absolute atomic E-state index is 12.4. The average Bonchev–Trinajstić information content (AvgIpc) is 3.38. The molecule has 1 N–H and O–H groups in total. The molecule has 2 heterocycles. The number of amides is 1. The van der Waals surface area contributed by atoms with Gasteiger partial charge in [-0.05, 0) is 17.7 Å². The van der Waals surface area contributed by atoms with Crippen molar-refractivity contribution in [3.05, 3.63) is 87.5 Å². The molecule has 140 valence electrons. The van der Waals surface area contributed by atoms with Crippen LogP contribution in [0.2, 0.25) is 5.02 Å². The molecule has 0 saturated heterocycles. The first-order valence-electron chi connectivity index (χ1n) is 8.59. The highest BCUT2D eigenvalue weighted by Crippen LogP contribution is 2.25. The van der Waals surface area contributed by atoms with Gasteiger partial charge in [-0.2, -0.15) is 0 Å². The van der Waals surface area contributed by atoms with Gasteiger partial charge in [-0.15, -0.1) is 16.4 Å². The van der Waals surface area contributed by atoms with Crippen molar-refractivity contribution in [1.29, 1.82) is 0 Å². The summed E-state index contributed by atoms with van der Waals surface area (Å²) in [5, 5.41) is 11.6. The van der Waals surface area contributed by atoms with Crippen molar-refractivity contribution < 1.29 is 4.79 Å². The zero-order chi connectivity index (χ0) is 19.3. The summed E-state index contributed by atoms with van der Waals surface area (Å²) >= 11 is 7.41. The number of aromatic nitrogens is 4. The SMILES string of the molecule is O=C(NCc1scnc1-c1ccccc1)c1cn(Cc2ccc(Cl)cc2)nn1. The lowest BCUT2D eigenvalue weighted by molar-refractivity contribution is 0.0946. The normalized spacial score (nSPS) is 10.8. The zero-order valence-electron chi connectivity index (χ0n) is 14.7. The van der Waals surface area contributed by atoms with Crippen LogP contribution in [0.1, 0.15) is 20.9 Å². The van der Waals surface area contributed by atoms with Gasteiger partial charge in [0.15, 0.2) is 5.69 Å². The van der Waals surface area contributed by atoms with Gasteiger partial charge in [-0.3, -0.25) is 4.79 Å². The van der Waals surface area contributed by atoms with Crippen molar-refractivity contribution in [1.82, 2.24) is 25.3 Å². The third-order valence-electron chi connectivity index (χ3n) is 4.13. The first-order chi connectivity index (χ1) is 13.7. The van der Waals surface area contributed by atoms with Crippen LogP contribution in [-0.2, 0) is 13.1 Å².